The summed E-state index contributed by atoms with van der Waals surface area (Å²) in [5.41, 5.74) is 0.774. The highest BCUT2D eigenvalue weighted by atomic mass is 35.5. The van der Waals surface area contributed by atoms with Crippen LogP contribution in [0.3, 0.4) is 0 Å². The average Bonchev–Trinajstić information content (AvgIpc) is 2.20. The van der Waals surface area contributed by atoms with E-state index in [4.69, 9.17) is 11.6 Å². The van der Waals surface area contributed by atoms with Gasteiger partial charge in [0.05, 0.1) is 16.5 Å². The largest absolute Gasteiger partial charge is 0.383 e. The molecule has 0 fully saturated rings. The summed E-state index contributed by atoms with van der Waals surface area (Å²) in [6.07, 6.45) is 0.661. The van der Waals surface area contributed by atoms with E-state index in [1.165, 1.54) is 0 Å². The molecule has 0 amide bonds. The Bertz CT molecular complexity index is 431. The molecule has 0 heterocycles. The number of benzene rings is 1. The number of halogens is 1. The summed E-state index contributed by atoms with van der Waals surface area (Å²) in [5, 5.41) is 3.62. The van der Waals surface area contributed by atoms with Gasteiger partial charge >= 0.3 is 0 Å². The molecule has 5 heteroatoms. The van der Waals surface area contributed by atoms with Crippen molar-refractivity contribution in [3.8, 4) is 0 Å². The topological polar surface area (TPSA) is 46.2 Å². The summed E-state index contributed by atoms with van der Waals surface area (Å²) in [5.74, 6) is 0.392. The first-order chi connectivity index (χ1) is 7.55. The van der Waals surface area contributed by atoms with Gasteiger partial charge in [-0.3, -0.25) is 0 Å². The second-order valence-corrected chi connectivity index (χ2v) is 6.27. The highest BCUT2D eigenvalue weighted by Crippen LogP contribution is 2.19. The predicted molar refractivity (Wildman–Crippen MR) is 68.9 cm³/mol. The van der Waals surface area contributed by atoms with Gasteiger partial charge in [0.25, 0.3) is 0 Å². The van der Waals surface area contributed by atoms with Crippen molar-refractivity contribution < 1.29 is 8.42 Å². The zero-order valence-electron chi connectivity index (χ0n) is 9.24. The van der Waals surface area contributed by atoms with Crippen LogP contribution >= 0.6 is 11.6 Å². The molecule has 0 aromatic heterocycles. The maximum atomic E-state index is 11.4. The van der Waals surface area contributed by atoms with E-state index in [2.05, 4.69) is 5.32 Å². The number of hydrogen-bond acceptors (Lipinski definition) is 3. The molecule has 1 rings (SSSR count). The smallest absolute Gasteiger partial charge is 0.152 e. The molecule has 0 bridgehead atoms. The average molecular weight is 262 g/mol. The SMILES string of the molecule is CCCS(=O)(=O)CCNc1ccccc1Cl. The number of para-hydroxylation sites is 1. The number of rotatable bonds is 6. The first kappa shape index (κ1) is 13.3. The van der Waals surface area contributed by atoms with Gasteiger partial charge in [0.2, 0.25) is 0 Å². The second-order valence-electron chi connectivity index (χ2n) is 3.56. The van der Waals surface area contributed by atoms with E-state index in [0.29, 0.717) is 18.0 Å². The van der Waals surface area contributed by atoms with Crippen molar-refractivity contribution in [1.82, 2.24) is 0 Å². The van der Waals surface area contributed by atoms with Gasteiger partial charge < -0.3 is 5.32 Å². The third-order valence-corrected chi connectivity index (χ3v) is 4.30. The van der Waals surface area contributed by atoms with Gasteiger partial charge in [-0.05, 0) is 18.6 Å². The highest BCUT2D eigenvalue weighted by molar-refractivity contribution is 7.91. The molecule has 0 saturated heterocycles. The highest BCUT2D eigenvalue weighted by Gasteiger charge is 2.08. The number of anilines is 1. The Balaban J connectivity index is 2.45. The van der Waals surface area contributed by atoms with Crippen molar-refractivity contribution in [2.75, 3.05) is 23.4 Å². The minimum Gasteiger partial charge on any atom is -0.383 e. The molecule has 0 spiro atoms. The Morgan fingerprint density at radius 3 is 2.56 bits per heavy atom. The van der Waals surface area contributed by atoms with Crippen LogP contribution < -0.4 is 5.32 Å². The Kier molecular flexibility index (Phi) is 5.09. The zero-order chi connectivity index (χ0) is 12.0. The lowest BCUT2D eigenvalue weighted by molar-refractivity contribution is 0.595. The van der Waals surface area contributed by atoms with Gasteiger partial charge in [-0.1, -0.05) is 30.7 Å². The van der Waals surface area contributed by atoms with Crippen LogP contribution in [0.1, 0.15) is 13.3 Å². The first-order valence-corrected chi connectivity index (χ1v) is 7.44. The first-order valence-electron chi connectivity index (χ1n) is 5.24. The fraction of sp³-hybridized carbons (Fsp3) is 0.455. The Morgan fingerprint density at radius 2 is 1.94 bits per heavy atom. The lowest BCUT2D eigenvalue weighted by Gasteiger charge is -2.08. The quantitative estimate of drug-likeness (QED) is 0.856. The van der Waals surface area contributed by atoms with Crippen molar-refractivity contribution in [1.29, 1.82) is 0 Å². The van der Waals surface area contributed by atoms with Crippen molar-refractivity contribution in [2.45, 2.75) is 13.3 Å². The van der Waals surface area contributed by atoms with Gasteiger partial charge in [-0.15, -0.1) is 0 Å². The van der Waals surface area contributed by atoms with Crippen LogP contribution in [-0.2, 0) is 9.84 Å². The van der Waals surface area contributed by atoms with Gasteiger partial charge in [0.1, 0.15) is 0 Å². The minimum atomic E-state index is -2.92. The van der Waals surface area contributed by atoms with E-state index in [0.717, 1.165) is 5.69 Å². The van der Waals surface area contributed by atoms with Gasteiger partial charge in [0.15, 0.2) is 9.84 Å². The number of nitrogens with one attached hydrogen (secondary N) is 1. The molecule has 90 valence electrons. The molecule has 3 nitrogen and oxygen atoms in total. The van der Waals surface area contributed by atoms with E-state index in [1.54, 1.807) is 6.07 Å². The molecule has 0 atom stereocenters. The summed E-state index contributed by atoms with van der Waals surface area (Å²) in [7, 11) is -2.92. The monoisotopic (exact) mass is 261 g/mol. The molecule has 0 unspecified atom stereocenters. The van der Waals surface area contributed by atoms with E-state index in [9.17, 15) is 8.42 Å². The summed E-state index contributed by atoms with van der Waals surface area (Å²) in [6.45, 7) is 2.26. The minimum absolute atomic E-state index is 0.145. The van der Waals surface area contributed by atoms with Crippen LogP contribution in [0, 0.1) is 0 Å². The van der Waals surface area contributed by atoms with Crippen LogP contribution in [0.5, 0.6) is 0 Å². The lowest BCUT2D eigenvalue weighted by atomic mass is 10.3. The van der Waals surface area contributed by atoms with Crippen molar-refractivity contribution in [2.24, 2.45) is 0 Å². The maximum absolute atomic E-state index is 11.4. The summed E-state index contributed by atoms with van der Waals surface area (Å²) >= 11 is 5.92. The normalized spacial score (nSPS) is 11.4. The number of sulfone groups is 1. The zero-order valence-corrected chi connectivity index (χ0v) is 10.8. The molecular weight excluding hydrogens is 246 g/mol. The fourth-order valence-corrected chi connectivity index (χ4v) is 2.80. The van der Waals surface area contributed by atoms with Crippen LogP contribution in [0.25, 0.3) is 0 Å². The lowest BCUT2D eigenvalue weighted by Crippen LogP contribution is -2.18. The van der Waals surface area contributed by atoms with Gasteiger partial charge in [-0.2, -0.15) is 0 Å². The summed E-state index contributed by atoms with van der Waals surface area (Å²) < 4.78 is 22.9. The van der Waals surface area contributed by atoms with Crippen LogP contribution in [0.4, 0.5) is 5.69 Å². The Hall–Kier alpha value is -0.740. The molecule has 0 aliphatic rings. The third kappa shape index (κ3) is 4.41. The van der Waals surface area contributed by atoms with Crippen molar-refractivity contribution in [3.05, 3.63) is 29.3 Å². The summed E-state index contributed by atoms with van der Waals surface area (Å²) in [4.78, 5) is 0. The molecular formula is C11H16ClNO2S. The molecule has 0 saturated carbocycles. The molecule has 1 aromatic rings. The molecule has 1 N–H and O–H groups in total. The molecule has 0 radical (unpaired) electrons. The number of hydrogen-bond donors (Lipinski definition) is 1. The fourth-order valence-electron chi connectivity index (χ4n) is 1.36. The molecule has 16 heavy (non-hydrogen) atoms. The Morgan fingerprint density at radius 1 is 1.25 bits per heavy atom. The van der Waals surface area contributed by atoms with E-state index >= 15 is 0 Å². The van der Waals surface area contributed by atoms with Crippen LogP contribution in [0.15, 0.2) is 24.3 Å². The van der Waals surface area contributed by atoms with E-state index < -0.39 is 9.84 Å². The molecule has 0 aliphatic carbocycles. The second kappa shape index (κ2) is 6.11. The van der Waals surface area contributed by atoms with E-state index in [-0.39, 0.29) is 11.5 Å². The third-order valence-electron chi connectivity index (χ3n) is 2.12. The van der Waals surface area contributed by atoms with Crippen molar-refractivity contribution in [3.63, 3.8) is 0 Å². The van der Waals surface area contributed by atoms with Crippen LogP contribution in [0.2, 0.25) is 5.02 Å². The van der Waals surface area contributed by atoms with Gasteiger partial charge in [0, 0.05) is 12.3 Å². The van der Waals surface area contributed by atoms with Crippen molar-refractivity contribution >= 4 is 27.1 Å². The van der Waals surface area contributed by atoms with E-state index in [1.807, 2.05) is 25.1 Å². The standard InChI is InChI=1S/C11H16ClNO2S/c1-2-8-16(14,15)9-7-13-11-6-4-3-5-10(11)12/h3-6,13H,2,7-9H2,1H3. The molecule has 1 aromatic carbocycles. The summed E-state index contributed by atoms with van der Waals surface area (Å²) in [6, 6.07) is 7.29. The van der Waals surface area contributed by atoms with Gasteiger partial charge in [-0.25, -0.2) is 8.42 Å². The predicted octanol–water partition coefficient (Wildman–Crippen LogP) is 2.58. The Labute approximate surface area is 102 Å². The molecule has 0 aliphatic heterocycles. The van der Waals surface area contributed by atoms with Crippen LogP contribution in [-0.4, -0.2) is 26.5 Å². The maximum Gasteiger partial charge on any atom is 0.152 e.